The van der Waals surface area contributed by atoms with Crippen LogP contribution in [-0.2, 0) is 10.0 Å². The van der Waals surface area contributed by atoms with Crippen LogP contribution in [0, 0.1) is 5.82 Å². The van der Waals surface area contributed by atoms with Gasteiger partial charge < -0.3 is 25.4 Å². The zero-order valence-electron chi connectivity index (χ0n) is 20.6. The van der Waals surface area contributed by atoms with Gasteiger partial charge in [-0.05, 0) is 42.9 Å². The molecular formula is C25H29FN8O2S. The van der Waals surface area contributed by atoms with Gasteiger partial charge in [-0.15, -0.1) is 0 Å². The molecule has 194 valence electrons. The van der Waals surface area contributed by atoms with Gasteiger partial charge in [0.1, 0.15) is 17.3 Å². The lowest BCUT2D eigenvalue weighted by atomic mass is 10.2. The summed E-state index contributed by atoms with van der Waals surface area (Å²) >= 11 is 0. The number of benzene rings is 2. The highest BCUT2D eigenvalue weighted by Crippen LogP contribution is 2.31. The lowest BCUT2D eigenvalue weighted by molar-refractivity contribution is 0.270. The summed E-state index contributed by atoms with van der Waals surface area (Å²) in [6, 6.07) is 13.8. The van der Waals surface area contributed by atoms with E-state index < -0.39 is 10.0 Å². The van der Waals surface area contributed by atoms with Crippen LogP contribution in [0.2, 0.25) is 0 Å². The highest BCUT2D eigenvalue weighted by molar-refractivity contribution is 7.92. The van der Waals surface area contributed by atoms with Gasteiger partial charge in [0.15, 0.2) is 0 Å². The summed E-state index contributed by atoms with van der Waals surface area (Å²) in [6.07, 6.45) is 2.83. The quantitative estimate of drug-likeness (QED) is 0.272. The van der Waals surface area contributed by atoms with E-state index in [-0.39, 0.29) is 11.8 Å². The number of piperazine rings is 1. The van der Waals surface area contributed by atoms with Crippen LogP contribution in [0.4, 0.5) is 38.9 Å². The molecule has 0 amide bonds. The number of sulfonamides is 1. The predicted molar refractivity (Wildman–Crippen MR) is 146 cm³/mol. The van der Waals surface area contributed by atoms with Gasteiger partial charge in [0.05, 0.1) is 28.7 Å². The zero-order valence-corrected chi connectivity index (χ0v) is 21.4. The summed E-state index contributed by atoms with van der Waals surface area (Å²) < 4.78 is 41.2. The third-order valence-corrected chi connectivity index (χ3v) is 6.85. The van der Waals surface area contributed by atoms with Crippen molar-refractivity contribution >= 4 is 55.6 Å². The van der Waals surface area contributed by atoms with Crippen LogP contribution in [0.15, 0.2) is 54.7 Å². The molecule has 2 aromatic carbocycles. The topological polar surface area (TPSA) is 118 Å². The number of fused-ring (bicyclic) bond motifs is 1. The van der Waals surface area contributed by atoms with Crippen molar-refractivity contribution in [1.29, 1.82) is 0 Å². The molecule has 1 saturated heterocycles. The molecule has 1 aliphatic heterocycles. The lowest BCUT2D eigenvalue weighted by Gasteiger charge is -2.35. The van der Waals surface area contributed by atoms with Crippen molar-refractivity contribution in [2.75, 3.05) is 59.2 Å². The molecule has 12 heteroatoms. The number of rotatable bonds is 8. The van der Waals surface area contributed by atoms with Crippen molar-refractivity contribution < 1.29 is 12.8 Å². The first-order valence-corrected chi connectivity index (χ1v) is 13.9. The van der Waals surface area contributed by atoms with Crippen molar-refractivity contribution in [1.82, 2.24) is 19.9 Å². The molecule has 37 heavy (non-hydrogen) atoms. The number of anilines is 6. The van der Waals surface area contributed by atoms with Crippen LogP contribution in [0.3, 0.4) is 0 Å². The van der Waals surface area contributed by atoms with Crippen molar-refractivity contribution in [3.8, 4) is 0 Å². The van der Waals surface area contributed by atoms with Crippen molar-refractivity contribution in [3.05, 3.63) is 60.5 Å². The van der Waals surface area contributed by atoms with Gasteiger partial charge in [-0.2, -0.15) is 9.97 Å². The van der Waals surface area contributed by atoms with Gasteiger partial charge in [-0.25, -0.2) is 12.8 Å². The van der Waals surface area contributed by atoms with E-state index in [0.29, 0.717) is 39.6 Å². The van der Waals surface area contributed by atoms with Crippen LogP contribution in [0.25, 0.3) is 11.0 Å². The molecule has 0 radical (unpaired) electrons. The molecule has 1 aliphatic rings. The smallest absolute Gasteiger partial charge is 0.231 e. The van der Waals surface area contributed by atoms with E-state index in [0.717, 1.165) is 39.0 Å². The molecule has 4 N–H and O–H groups in total. The molecule has 0 bridgehead atoms. The highest BCUT2D eigenvalue weighted by Gasteiger charge is 2.19. The van der Waals surface area contributed by atoms with Crippen LogP contribution < -0.4 is 20.3 Å². The number of likely N-dealkylation sites (N-methyl/N-ethyl adjacent to an activating group) is 1. The zero-order chi connectivity index (χ0) is 26.0. The van der Waals surface area contributed by atoms with E-state index in [2.05, 4.69) is 47.0 Å². The number of hydrogen-bond donors (Lipinski definition) is 4. The van der Waals surface area contributed by atoms with Crippen LogP contribution in [-0.4, -0.2) is 67.2 Å². The lowest BCUT2D eigenvalue weighted by Crippen LogP contribution is -2.46. The first-order valence-electron chi connectivity index (χ1n) is 12.0. The van der Waals surface area contributed by atoms with E-state index in [1.807, 2.05) is 12.1 Å². The Labute approximate surface area is 215 Å². The van der Waals surface area contributed by atoms with Crippen LogP contribution in [0.1, 0.15) is 6.92 Å². The van der Waals surface area contributed by atoms with Crippen LogP contribution >= 0.6 is 0 Å². The second-order valence-corrected chi connectivity index (χ2v) is 10.6. The number of aromatic amines is 1. The fourth-order valence-electron chi connectivity index (χ4n) is 4.38. The molecule has 3 heterocycles. The normalized spacial score (nSPS) is 14.6. The van der Waals surface area contributed by atoms with Crippen LogP contribution in [0.5, 0.6) is 0 Å². The molecule has 0 unspecified atom stereocenters. The molecular weight excluding hydrogens is 495 g/mol. The Kier molecular flexibility index (Phi) is 6.85. The van der Waals surface area contributed by atoms with E-state index in [4.69, 9.17) is 0 Å². The number of nitrogens with zero attached hydrogens (tertiary/aromatic N) is 4. The third-order valence-electron chi connectivity index (χ3n) is 6.26. The number of nitrogens with one attached hydrogen (secondary N) is 4. The minimum atomic E-state index is -3.48. The van der Waals surface area contributed by atoms with E-state index in [1.165, 1.54) is 6.07 Å². The van der Waals surface area contributed by atoms with Gasteiger partial charge >= 0.3 is 0 Å². The largest absolute Gasteiger partial charge is 0.367 e. The fourth-order valence-corrected chi connectivity index (χ4v) is 4.95. The predicted octanol–water partition coefficient (Wildman–Crippen LogP) is 4.10. The summed E-state index contributed by atoms with van der Waals surface area (Å²) in [5.74, 6) is 0.409. The van der Waals surface area contributed by atoms with Gasteiger partial charge in [-0.1, -0.05) is 19.1 Å². The Hall–Kier alpha value is -3.90. The second-order valence-electron chi connectivity index (χ2n) is 8.89. The Morgan fingerprint density at radius 1 is 1.00 bits per heavy atom. The van der Waals surface area contributed by atoms with Gasteiger partial charge in [0.2, 0.25) is 16.0 Å². The average Bonchev–Trinajstić information content (AvgIpc) is 3.34. The average molecular weight is 525 g/mol. The summed E-state index contributed by atoms with van der Waals surface area (Å²) in [4.78, 5) is 16.6. The Bertz CT molecular complexity index is 1520. The second kappa shape index (κ2) is 10.2. The van der Waals surface area contributed by atoms with Crippen molar-refractivity contribution in [3.63, 3.8) is 0 Å². The summed E-state index contributed by atoms with van der Waals surface area (Å²) in [6.45, 7) is 6.54. The Morgan fingerprint density at radius 3 is 2.46 bits per heavy atom. The molecule has 4 aromatic rings. The minimum Gasteiger partial charge on any atom is -0.367 e. The molecule has 5 rings (SSSR count). The van der Waals surface area contributed by atoms with E-state index >= 15 is 4.39 Å². The molecule has 2 aromatic heterocycles. The maximum Gasteiger partial charge on any atom is 0.231 e. The maximum atomic E-state index is 15.1. The maximum absolute atomic E-state index is 15.1. The first kappa shape index (κ1) is 24.8. The number of halogens is 1. The standard InChI is InChI=1S/C25H29FN8O2S/c1-3-33-12-14-34(15-13-33)22-9-8-17(16-19(22)26)28-25-30-23-18(10-11-27-23)24(31-25)29-20-6-4-5-7-21(20)32-37(2,35)36/h4-11,16,32H,3,12-15H2,1-2H3,(H3,27,28,29,30,31). The minimum absolute atomic E-state index is 0.259. The van der Waals surface area contributed by atoms with Gasteiger partial charge in [-0.3, -0.25) is 4.72 Å². The number of para-hydroxylation sites is 2. The highest BCUT2D eigenvalue weighted by atomic mass is 32.2. The molecule has 0 saturated carbocycles. The number of hydrogen-bond acceptors (Lipinski definition) is 8. The third kappa shape index (κ3) is 5.75. The SMILES string of the molecule is CCN1CCN(c2ccc(Nc3nc(Nc4ccccc4NS(C)(=O)=O)c4cc[nH]c4n3)cc2F)CC1. The molecule has 0 spiro atoms. The summed E-state index contributed by atoms with van der Waals surface area (Å²) in [5, 5.41) is 7.01. The molecule has 10 nitrogen and oxygen atoms in total. The summed E-state index contributed by atoms with van der Waals surface area (Å²) in [7, 11) is -3.48. The molecule has 0 atom stereocenters. The fraction of sp³-hybridized carbons (Fsp3) is 0.280. The van der Waals surface area contributed by atoms with E-state index in [9.17, 15) is 8.42 Å². The van der Waals surface area contributed by atoms with Crippen molar-refractivity contribution in [2.24, 2.45) is 0 Å². The van der Waals surface area contributed by atoms with E-state index in [1.54, 1.807) is 36.5 Å². The first-order chi connectivity index (χ1) is 17.8. The number of H-pyrrole nitrogens is 1. The van der Waals surface area contributed by atoms with Gasteiger partial charge in [0.25, 0.3) is 0 Å². The monoisotopic (exact) mass is 524 g/mol. The number of aromatic nitrogens is 3. The van der Waals surface area contributed by atoms with Gasteiger partial charge in [0, 0.05) is 38.1 Å². The van der Waals surface area contributed by atoms with Crippen molar-refractivity contribution in [2.45, 2.75) is 6.92 Å². The molecule has 0 aliphatic carbocycles. The molecule has 1 fully saturated rings. The Balaban J connectivity index is 1.39. The summed E-state index contributed by atoms with van der Waals surface area (Å²) in [5.41, 5.74) is 2.58. The Morgan fingerprint density at radius 2 is 1.76 bits per heavy atom.